The van der Waals surface area contributed by atoms with E-state index >= 15 is 0 Å². The number of phenolic OH excluding ortho intramolecular Hbond substituents is 1. The highest BCUT2D eigenvalue weighted by Gasteiger charge is 2.72. The fourth-order valence-corrected chi connectivity index (χ4v) is 8.42. The first-order chi connectivity index (χ1) is 20.0. The maximum Gasteiger partial charge on any atom is 0.203 e. The van der Waals surface area contributed by atoms with E-state index in [0.29, 0.717) is 23.5 Å². The summed E-state index contributed by atoms with van der Waals surface area (Å²) < 4.78 is 0. The topological polar surface area (TPSA) is 132 Å². The largest absolute Gasteiger partial charge is 0.508 e. The number of allylic oxidation sites excluding steroid dienone is 1. The predicted octanol–water partition coefficient (Wildman–Crippen LogP) is 6.54. The van der Waals surface area contributed by atoms with Gasteiger partial charge in [0.2, 0.25) is 5.78 Å². The van der Waals surface area contributed by atoms with Crippen LogP contribution in [-0.2, 0) is 27.2 Å². The van der Waals surface area contributed by atoms with Crippen LogP contribution in [0.3, 0.4) is 0 Å². The third kappa shape index (κ3) is 4.00. The van der Waals surface area contributed by atoms with Gasteiger partial charge < -0.3 is 20.4 Å². The number of Topliss-reactive ketones (excluding diaryl/α,β-unsaturated/α-hetero) is 3. The van der Waals surface area contributed by atoms with Crippen molar-refractivity contribution < 1.29 is 34.8 Å². The highest BCUT2D eigenvalue weighted by molar-refractivity contribution is 6.24. The number of aromatic hydroxyl groups is 1. The molecule has 43 heavy (non-hydrogen) atoms. The first kappa shape index (κ1) is 30.7. The van der Waals surface area contributed by atoms with Gasteiger partial charge in [-0.3, -0.25) is 14.4 Å². The SMILES string of the molecule is CCc1cc(-c2ccc(C(C)C)cc2)c2c(c1O)C(O)=C1C(=O)[C@@]3(O)C(O)=C(C(C)=O)C(=O)C(C(C)C)[C@@]3(C)C[C@@]1(C)C2. The first-order valence-corrected chi connectivity index (χ1v) is 15.1. The van der Waals surface area contributed by atoms with Crippen LogP contribution in [-0.4, -0.2) is 43.4 Å². The van der Waals surface area contributed by atoms with Crippen LogP contribution in [0.1, 0.15) is 90.0 Å². The summed E-state index contributed by atoms with van der Waals surface area (Å²) in [6, 6.07) is 10.1. The van der Waals surface area contributed by atoms with Gasteiger partial charge in [-0.15, -0.1) is 0 Å². The number of fused-ring (bicyclic) bond motifs is 3. The van der Waals surface area contributed by atoms with Gasteiger partial charge in [0.05, 0.1) is 5.56 Å². The Morgan fingerprint density at radius 3 is 2.14 bits per heavy atom. The summed E-state index contributed by atoms with van der Waals surface area (Å²) >= 11 is 0. The number of carbonyl (C=O) groups is 3. The molecular formula is C36H42O7. The van der Waals surface area contributed by atoms with E-state index in [1.165, 1.54) is 5.56 Å². The molecule has 228 valence electrons. The van der Waals surface area contributed by atoms with Crippen LogP contribution in [0.4, 0.5) is 0 Å². The normalized spacial score (nSPS) is 28.8. The molecule has 7 nitrogen and oxygen atoms in total. The molecule has 3 aliphatic rings. The number of hydrogen-bond acceptors (Lipinski definition) is 7. The Kier molecular flexibility index (Phi) is 7.09. The Hall–Kier alpha value is -3.71. The number of ketones is 3. The standard InChI is InChI=1S/C36H42O7/c1-9-20-14-23(22-12-10-21(11-13-22)17(2)3)24-15-34(7)16-35(8)27(18(4)5)30(39)25(19(6)37)32(41)36(35,43)33(42)28(34)31(40)26(24)29(20)38/h10-14,17-18,27,38,40-41,43H,9,15-16H2,1-8H3/t27?,34-,35-,36+/m1/s1. The Bertz CT molecular complexity index is 1640. The molecule has 0 saturated heterocycles. The summed E-state index contributed by atoms with van der Waals surface area (Å²) in [5, 5.41) is 46.9. The van der Waals surface area contributed by atoms with Crippen molar-refractivity contribution in [2.75, 3.05) is 0 Å². The number of hydrogen-bond donors (Lipinski definition) is 4. The fourth-order valence-electron chi connectivity index (χ4n) is 8.42. The van der Waals surface area contributed by atoms with Crippen LogP contribution >= 0.6 is 0 Å². The van der Waals surface area contributed by atoms with E-state index in [1.807, 2.05) is 32.0 Å². The van der Waals surface area contributed by atoms with Crippen LogP contribution in [0.25, 0.3) is 16.9 Å². The van der Waals surface area contributed by atoms with Crippen molar-refractivity contribution in [3.05, 3.63) is 69.5 Å². The van der Waals surface area contributed by atoms with Gasteiger partial charge in [0.15, 0.2) is 17.2 Å². The monoisotopic (exact) mass is 586 g/mol. The van der Waals surface area contributed by atoms with E-state index in [1.54, 1.807) is 20.8 Å². The fraction of sp³-hybridized carbons (Fsp3) is 0.472. The molecule has 4 atom stereocenters. The molecule has 7 heteroatoms. The lowest BCUT2D eigenvalue weighted by molar-refractivity contribution is -0.178. The Balaban J connectivity index is 1.83. The van der Waals surface area contributed by atoms with Gasteiger partial charge in [-0.05, 0) is 71.9 Å². The van der Waals surface area contributed by atoms with Crippen LogP contribution in [0.5, 0.6) is 5.75 Å². The van der Waals surface area contributed by atoms with Crippen molar-refractivity contribution in [3.8, 4) is 16.9 Å². The minimum atomic E-state index is -2.62. The summed E-state index contributed by atoms with van der Waals surface area (Å²) in [4.78, 5) is 40.9. The number of phenols is 1. The first-order valence-electron chi connectivity index (χ1n) is 15.1. The Morgan fingerprint density at radius 2 is 1.63 bits per heavy atom. The van der Waals surface area contributed by atoms with Crippen LogP contribution < -0.4 is 0 Å². The van der Waals surface area contributed by atoms with Gasteiger partial charge in [0.1, 0.15) is 22.8 Å². The highest BCUT2D eigenvalue weighted by atomic mass is 16.3. The molecule has 0 bridgehead atoms. The maximum absolute atomic E-state index is 14.6. The van der Waals surface area contributed by atoms with Crippen LogP contribution in [0.15, 0.2) is 47.2 Å². The maximum atomic E-state index is 14.6. The molecule has 1 unspecified atom stereocenters. The molecule has 1 fully saturated rings. The molecule has 0 radical (unpaired) electrons. The van der Waals surface area contributed by atoms with Crippen molar-refractivity contribution in [3.63, 3.8) is 0 Å². The average Bonchev–Trinajstić information content (AvgIpc) is 2.90. The summed E-state index contributed by atoms with van der Waals surface area (Å²) in [5.41, 5.74) is -1.56. The van der Waals surface area contributed by atoms with Crippen molar-refractivity contribution >= 4 is 23.1 Å². The lowest BCUT2D eigenvalue weighted by Crippen LogP contribution is -2.69. The number of rotatable bonds is 5. The molecule has 4 N–H and O–H groups in total. The Morgan fingerprint density at radius 1 is 1.02 bits per heavy atom. The van der Waals surface area contributed by atoms with Crippen molar-refractivity contribution in [2.24, 2.45) is 22.7 Å². The minimum absolute atomic E-state index is 0.0624. The zero-order valence-corrected chi connectivity index (χ0v) is 26.3. The minimum Gasteiger partial charge on any atom is -0.508 e. The smallest absolute Gasteiger partial charge is 0.203 e. The summed E-state index contributed by atoms with van der Waals surface area (Å²) in [5.74, 6) is -4.80. The van der Waals surface area contributed by atoms with E-state index in [-0.39, 0.29) is 35.6 Å². The van der Waals surface area contributed by atoms with Gasteiger partial charge in [0.25, 0.3) is 0 Å². The van der Waals surface area contributed by atoms with Crippen LogP contribution in [0.2, 0.25) is 0 Å². The van der Waals surface area contributed by atoms with Crippen molar-refractivity contribution in [1.82, 2.24) is 0 Å². The molecule has 2 aromatic carbocycles. The quantitative estimate of drug-likeness (QED) is 0.292. The van der Waals surface area contributed by atoms with Gasteiger partial charge in [-0.2, -0.15) is 0 Å². The van der Waals surface area contributed by atoms with E-state index in [0.717, 1.165) is 18.1 Å². The zero-order chi connectivity index (χ0) is 32.0. The molecule has 3 aliphatic carbocycles. The molecule has 0 heterocycles. The number of carbonyl (C=O) groups excluding carboxylic acids is 3. The van der Waals surface area contributed by atoms with Gasteiger partial charge >= 0.3 is 0 Å². The molecule has 0 amide bonds. The predicted molar refractivity (Wildman–Crippen MR) is 165 cm³/mol. The highest BCUT2D eigenvalue weighted by Crippen LogP contribution is 2.65. The van der Waals surface area contributed by atoms with Gasteiger partial charge in [0, 0.05) is 22.3 Å². The second-order valence-corrected chi connectivity index (χ2v) is 13.9. The second-order valence-electron chi connectivity index (χ2n) is 13.9. The lowest BCUT2D eigenvalue weighted by atomic mass is 9.43. The molecule has 0 spiro atoms. The van der Waals surface area contributed by atoms with E-state index in [4.69, 9.17) is 0 Å². The molecule has 1 saturated carbocycles. The summed E-state index contributed by atoms with van der Waals surface area (Å²) in [7, 11) is 0. The zero-order valence-electron chi connectivity index (χ0n) is 26.3. The number of benzene rings is 2. The van der Waals surface area contributed by atoms with Crippen molar-refractivity contribution in [2.45, 2.75) is 86.2 Å². The molecule has 0 aromatic heterocycles. The third-order valence-electron chi connectivity index (χ3n) is 10.4. The molecule has 0 aliphatic heterocycles. The molecule has 2 aromatic rings. The van der Waals surface area contributed by atoms with Crippen molar-refractivity contribution in [1.29, 1.82) is 0 Å². The number of aliphatic hydroxyl groups excluding tert-OH is 2. The Labute approximate surface area is 253 Å². The number of aliphatic hydroxyl groups is 3. The summed E-state index contributed by atoms with van der Waals surface area (Å²) in [6.07, 6.45) is 0.767. The molecular weight excluding hydrogens is 544 g/mol. The molecule has 5 rings (SSSR count). The number of aryl methyl sites for hydroxylation is 1. The van der Waals surface area contributed by atoms with Gasteiger partial charge in [-0.25, -0.2) is 0 Å². The van der Waals surface area contributed by atoms with Crippen LogP contribution in [0, 0.1) is 22.7 Å². The van der Waals surface area contributed by atoms with E-state index < -0.39 is 56.8 Å². The van der Waals surface area contributed by atoms with E-state index in [2.05, 4.69) is 26.0 Å². The average molecular weight is 587 g/mol. The van der Waals surface area contributed by atoms with Gasteiger partial charge in [-0.1, -0.05) is 72.7 Å². The summed E-state index contributed by atoms with van der Waals surface area (Å²) in [6.45, 7) is 14.3. The second kappa shape index (κ2) is 9.91. The third-order valence-corrected chi connectivity index (χ3v) is 10.4. The lowest BCUT2D eigenvalue weighted by Gasteiger charge is -2.59. The van der Waals surface area contributed by atoms with E-state index in [9.17, 15) is 34.8 Å².